The van der Waals surface area contributed by atoms with E-state index in [1.165, 1.54) is 20.8 Å². The zero-order valence-corrected chi connectivity index (χ0v) is 14.2. The van der Waals surface area contributed by atoms with Crippen molar-refractivity contribution in [2.24, 2.45) is 0 Å². The van der Waals surface area contributed by atoms with Crippen LogP contribution >= 0.6 is 0 Å². The molecule has 0 aliphatic rings. The molecule has 0 saturated carbocycles. The third-order valence-corrected chi connectivity index (χ3v) is 5.03. The smallest absolute Gasteiger partial charge is 0.246 e. The first-order chi connectivity index (χ1) is 10.7. The second-order valence-electron chi connectivity index (χ2n) is 5.36. The second-order valence-corrected chi connectivity index (χ2v) is 7.01. The summed E-state index contributed by atoms with van der Waals surface area (Å²) in [5.41, 5.74) is 1.85. The van der Waals surface area contributed by atoms with Crippen molar-refractivity contribution < 1.29 is 17.7 Å². The van der Waals surface area contributed by atoms with Gasteiger partial charge in [-0.05, 0) is 45.4 Å². The summed E-state index contributed by atoms with van der Waals surface area (Å²) < 4.78 is 31.9. The Bertz CT molecular complexity index is 807. The molecule has 2 rings (SSSR count). The van der Waals surface area contributed by atoms with E-state index >= 15 is 0 Å². The molecule has 124 valence electrons. The van der Waals surface area contributed by atoms with Crippen molar-refractivity contribution in [3.8, 4) is 0 Å². The first kappa shape index (κ1) is 17.2. The van der Waals surface area contributed by atoms with E-state index in [2.05, 4.69) is 15.2 Å². The molecule has 23 heavy (non-hydrogen) atoms. The van der Waals surface area contributed by atoms with Gasteiger partial charge in [-0.1, -0.05) is 17.3 Å². The quantitative estimate of drug-likeness (QED) is 0.868. The van der Waals surface area contributed by atoms with Gasteiger partial charge in [-0.25, -0.2) is 8.42 Å². The van der Waals surface area contributed by atoms with Crippen molar-refractivity contribution in [2.45, 2.75) is 38.6 Å². The van der Waals surface area contributed by atoms with Crippen LogP contribution < -0.4 is 10.0 Å². The topological polar surface area (TPSA) is 101 Å². The molecule has 1 atom stereocenters. The van der Waals surface area contributed by atoms with Gasteiger partial charge in [0, 0.05) is 5.69 Å². The number of carbonyl (C=O) groups excluding carboxylic acids is 1. The van der Waals surface area contributed by atoms with E-state index in [4.69, 9.17) is 4.52 Å². The lowest BCUT2D eigenvalue weighted by molar-refractivity contribution is -0.117. The second kappa shape index (κ2) is 6.51. The van der Waals surface area contributed by atoms with Crippen LogP contribution in [0, 0.1) is 20.8 Å². The third-order valence-electron chi connectivity index (χ3n) is 3.25. The molecular formula is C15H19N3O4S. The van der Waals surface area contributed by atoms with Gasteiger partial charge in [0.2, 0.25) is 15.9 Å². The van der Waals surface area contributed by atoms with E-state index in [0.29, 0.717) is 5.69 Å². The van der Waals surface area contributed by atoms with E-state index in [0.717, 1.165) is 5.56 Å². The maximum absolute atomic E-state index is 12.4. The van der Waals surface area contributed by atoms with Crippen LogP contribution in [-0.2, 0) is 14.8 Å². The van der Waals surface area contributed by atoms with Gasteiger partial charge in [-0.15, -0.1) is 0 Å². The molecule has 1 heterocycles. The van der Waals surface area contributed by atoms with Crippen LogP contribution in [-0.4, -0.2) is 25.5 Å². The molecule has 0 saturated heterocycles. The van der Waals surface area contributed by atoms with E-state index in [9.17, 15) is 13.2 Å². The fraction of sp³-hybridized carbons (Fsp3) is 0.333. The molecule has 0 fully saturated rings. The molecule has 2 N–H and O–H groups in total. The molecule has 1 aromatic carbocycles. The number of nitrogens with one attached hydrogen (secondary N) is 2. The van der Waals surface area contributed by atoms with Crippen LogP contribution in [0.25, 0.3) is 0 Å². The number of aromatic nitrogens is 1. The van der Waals surface area contributed by atoms with Gasteiger partial charge >= 0.3 is 0 Å². The Hall–Kier alpha value is -2.19. The molecule has 0 aliphatic carbocycles. The Balaban J connectivity index is 2.12. The molecule has 0 spiro atoms. The SMILES string of the molecule is Cc1cccc(NC(=O)[C@H](C)NS(=O)(=O)c2c(C)noc2C)c1. The standard InChI is InChI=1S/C15H19N3O4S/c1-9-6-5-7-13(8-9)16-15(19)11(3)18-23(20,21)14-10(2)17-22-12(14)4/h5-8,11,18H,1-4H3,(H,16,19)/t11-/m0/s1. The van der Waals surface area contributed by atoms with Crippen LogP contribution in [0.2, 0.25) is 0 Å². The molecule has 2 aromatic rings. The van der Waals surface area contributed by atoms with Crippen molar-refractivity contribution in [2.75, 3.05) is 5.32 Å². The first-order valence-corrected chi connectivity index (χ1v) is 8.52. The Labute approximate surface area is 135 Å². The van der Waals surface area contributed by atoms with Gasteiger partial charge < -0.3 is 9.84 Å². The molecule has 1 aromatic heterocycles. The molecule has 8 heteroatoms. The van der Waals surface area contributed by atoms with E-state index in [-0.39, 0.29) is 16.3 Å². The Morgan fingerprint density at radius 3 is 2.52 bits per heavy atom. The lowest BCUT2D eigenvalue weighted by Gasteiger charge is -2.14. The van der Waals surface area contributed by atoms with Crippen molar-refractivity contribution in [3.05, 3.63) is 41.3 Å². The summed E-state index contributed by atoms with van der Waals surface area (Å²) in [5.74, 6) is -0.271. The molecule has 0 radical (unpaired) electrons. The molecule has 0 aliphatic heterocycles. The summed E-state index contributed by atoms with van der Waals surface area (Å²) >= 11 is 0. The first-order valence-electron chi connectivity index (χ1n) is 7.03. The monoisotopic (exact) mass is 337 g/mol. The molecule has 1 amide bonds. The number of carbonyl (C=O) groups is 1. The average Bonchev–Trinajstić information content (AvgIpc) is 2.78. The van der Waals surface area contributed by atoms with Crippen LogP contribution in [0.5, 0.6) is 0 Å². The van der Waals surface area contributed by atoms with Crippen LogP contribution in [0.15, 0.2) is 33.7 Å². The third kappa shape index (κ3) is 3.96. The summed E-state index contributed by atoms with van der Waals surface area (Å²) in [6.07, 6.45) is 0. The number of hydrogen-bond acceptors (Lipinski definition) is 5. The number of nitrogens with zero attached hydrogens (tertiary/aromatic N) is 1. The fourth-order valence-electron chi connectivity index (χ4n) is 2.18. The van der Waals surface area contributed by atoms with Gasteiger partial charge in [0.15, 0.2) is 5.76 Å². The zero-order valence-electron chi connectivity index (χ0n) is 13.4. The highest BCUT2D eigenvalue weighted by Gasteiger charge is 2.28. The van der Waals surface area contributed by atoms with Crippen molar-refractivity contribution in [1.29, 1.82) is 0 Å². The van der Waals surface area contributed by atoms with E-state index < -0.39 is 22.0 Å². The van der Waals surface area contributed by atoms with Gasteiger partial charge in [0.05, 0.1) is 6.04 Å². The summed E-state index contributed by atoms with van der Waals surface area (Å²) in [6.45, 7) is 6.41. The fourth-order valence-corrected chi connectivity index (χ4v) is 3.71. The Kier molecular flexibility index (Phi) is 4.86. The molecule has 0 bridgehead atoms. The Morgan fingerprint density at radius 1 is 1.26 bits per heavy atom. The predicted octanol–water partition coefficient (Wildman–Crippen LogP) is 1.91. The number of amides is 1. The minimum Gasteiger partial charge on any atom is -0.360 e. The average molecular weight is 337 g/mol. The van der Waals surface area contributed by atoms with Crippen molar-refractivity contribution in [1.82, 2.24) is 9.88 Å². The van der Waals surface area contributed by atoms with Crippen LogP contribution in [0.3, 0.4) is 0 Å². The van der Waals surface area contributed by atoms with Crippen LogP contribution in [0.1, 0.15) is 23.9 Å². The molecule has 7 nitrogen and oxygen atoms in total. The lowest BCUT2D eigenvalue weighted by Crippen LogP contribution is -2.41. The van der Waals surface area contributed by atoms with Gasteiger partial charge in [-0.3, -0.25) is 4.79 Å². The molecular weight excluding hydrogens is 318 g/mol. The number of sulfonamides is 1. The number of hydrogen-bond donors (Lipinski definition) is 2. The number of anilines is 1. The normalized spacial score (nSPS) is 12.9. The number of aryl methyl sites for hydroxylation is 3. The predicted molar refractivity (Wildman–Crippen MR) is 85.6 cm³/mol. The van der Waals surface area contributed by atoms with Crippen LogP contribution in [0.4, 0.5) is 5.69 Å². The lowest BCUT2D eigenvalue weighted by atomic mass is 10.2. The summed E-state index contributed by atoms with van der Waals surface area (Å²) in [7, 11) is -3.89. The maximum atomic E-state index is 12.4. The van der Waals surface area contributed by atoms with Crippen molar-refractivity contribution in [3.63, 3.8) is 0 Å². The molecule has 0 unspecified atom stereocenters. The summed E-state index contributed by atoms with van der Waals surface area (Å²) in [4.78, 5) is 12.1. The zero-order chi connectivity index (χ0) is 17.2. The van der Waals surface area contributed by atoms with Crippen molar-refractivity contribution >= 4 is 21.6 Å². The largest absolute Gasteiger partial charge is 0.360 e. The van der Waals surface area contributed by atoms with E-state index in [1.807, 2.05) is 19.1 Å². The Morgan fingerprint density at radius 2 is 1.96 bits per heavy atom. The highest BCUT2D eigenvalue weighted by atomic mass is 32.2. The maximum Gasteiger partial charge on any atom is 0.246 e. The number of rotatable bonds is 5. The van der Waals surface area contributed by atoms with Gasteiger partial charge in [0.25, 0.3) is 0 Å². The highest BCUT2D eigenvalue weighted by Crippen LogP contribution is 2.19. The minimum absolute atomic E-state index is 0.0345. The summed E-state index contributed by atoms with van der Waals surface area (Å²) in [6, 6.07) is 6.30. The van der Waals surface area contributed by atoms with E-state index in [1.54, 1.807) is 12.1 Å². The summed E-state index contributed by atoms with van der Waals surface area (Å²) in [5, 5.41) is 6.29. The van der Waals surface area contributed by atoms with Gasteiger partial charge in [-0.2, -0.15) is 4.72 Å². The van der Waals surface area contributed by atoms with Gasteiger partial charge in [0.1, 0.15) is 10.6 Å². The highest BCUT2D eigenvalue weighted by molar-refractivity contribution is 7.89. The minimum atomic E-state index is -3.89. The number of benzene rings is 1.